The van der Waals surface area contributed by atoms with Gasteiger partial charge in [0.2, 0.25) is 5.91 Å². The minimum atomic E-state index is -0.588. The highest BCUT2D eigenvalue weighted by molar-refractivity contribution is 6.02. The average Bonchev–Trinajstić information content (AvgIpc) is 2.65. The van der Waals surface area contributed by atoms with Crippen LogP contribution in [0.15, 0.2) is 30.3 Å². The monoisotopic (exact) mass is 259 g/mol. The average molecular weight is 259 g/mol. The van der Waals surface area contributed by atoms with E-state index in [0.29, 0.717) is 0 Å². The summed E-state index contributed by atoms with van der Waals surface area (Å²) in [6, 6.07) is 9.06. The summed E-state index contributed by atoms with van der Waals surface area (Å²) in [5.74, 6) is -0.694. The Hall–Kier alpha value is -2.10. The van der Waals surface area contributed by atoms with Crippen molar-refractivity contribution in [1.29, 1.82) is 0 Å². The van der Waals surface area contributed by atoms with Crippen molar-refractivity contribution in [3.63, 3.8) is 0 Å². The Balaban J connectivity index is 2.57. The van der Waals surface area contributed by atoms with Gasteiger partial charge in [0.15, 0.2) is 0 Å². The predicted molar refractivity (Wildman–Crippen MR) is 73.4 cm³/mol. The third kappa shape index (κ3) is 2.67. The number of hydrogen-bond donors (Lipinski definition) is 0. The van der Waals surface area contributed by atoms with Crippen LogP contribution in [-0.4, -0.2) is 22.0 Å². The van der Waals surface area contributed by atoms with Crippen LogP contribution in [0.1, 0.15) is 43.0 Å². The summed E-state index contributed by atoms with van der Waals surface area (Å²) in [5.41, 5.74) is 0.397. The molecule has 0 aliphatic rings. The zero-order valence-corrected chi connectivity index (χ0v) is 11.6. The first-order chi connectivity index (χ1) is 8.79. The predicted octanol–water partition coefficient (Wildman–Crippen LogP) is 3.26. The Labute approximate surface area is 112 Å². The number of aromatic nitrogens is 1. The van der Waals surface area contributed by atoms with Crippen LogP contribution in [0.4, 0.5) is 0 Å². The second-order valence-corrected chi connectivity index (χ2v) is 5.44. The van der Waals surface area contributed by atoms with Crippen molar-refractivity contribution >= 4 is 22.8 Å². The van der Waals surface area contributed by atoms with Gasteiger partial charge in [0, 0.05) is 12.3 Å². The Kier molecular flexibility index (Phi) is 3.18. The topological polar surface area (TPSA) is 48.3 Å². The van der Waals surface area contributed by atoms with E-state index in [1.807, 2.05) is 24.3 Å². The first-order valence-electron chi connectivity index (χ1n) is 6.14. The van der Waals surface area contributed by atoms with E-state index in [0.717, 1.165) is 10.9 Å². The summed E-state index contributed by atoms with van der Waals surface area (Å²) in [6.07, 6.45) is 0. The first kappa shape index (κ1) is 13.3. The summed E-state index contributed by atoms with van der Waals surface area (Å²) < 4.78 is 6.72. The van der Waals surface area contributed by atoms with Crippen molar-refractivity contribution in [2.24, 2.45) is 0 Å². The number of rotatable bonds is 1. The van der Waals surface area contributed by atoms with Crippen LogP contribution in [0.25, 0.3) is 10.9 Å². The van der Waals surface area contributed by atoms with Crippen LogP contribution in [0.5, 0.6) is 0 Å². The maximum absolute atomic E-state index is 12.2. The zero-order chi connectivity index (χ0) is 14.2. The highest BCUT2D eigenvalue weighted by Crippen LogP contribution is 2.22. The molecule has 0 saturated heterocycles. The number of ether oxygens (including phenoxy) is 1. The van der Waals surface area contributed by atoms with Crippen molar-refractivity contribution in [3.8, 4) is 0 Å². The lowest BCUT2D eigenvalue weighted by Crippen LogP contribution is -2.26. The van der Waals surface area contributed by atoms with Gasteiger partial charge in [0.05, 0.1) is 5.52 Å². The van der Waals surface area contributed by atoms with E-state index in [-0.39, 0.29) is 11.6 Å². The summed E-state index contributed by atoms with van der Waals surface area (Å²) in [6.45, 7) is 6.82. The molecule has 1 heterocycles. The largest absolute Gasteiger partial charge is 0.455 e. The van der Waals surface area contributed by atoms with Gasteiger partial charge in [-0.15, -0.1) is 0 Å². The second kappa shape index (κ2) is 4.53. The van der Waals surface area contributed by atoms with E-state index < -0.39 is 11.6 Å². The number of nitrogens with zero attached hydrogens (tertiary/aromatic N) is 1. The van der Waals surface area contributed by atoms with Crippen molar-refractivity contribution in [2.75, 3.05) is 0 Å². The molecule has 4 nitrogen and oxygen atoms in total. The molecule has 0 unspecified atom stereocenters. The van der Waals surface area contributed by atoms with Crippen molar-refractivity contribution in [2.45, 2.75) is 33.3 Å². The highest BCUT2D eigenvalue weighted by atomic mass is 16.6. The Bertz CT molecular complexity index is 647. The molecular weight excluding hydrogens is 242 g/mol. The third-order valence-corrected chi connectivity index (χ3v) is 2.63. The van der Waals surface area contributed by atoms with Gasteiger partial charge >= 0.3 is 5.97 Å². The van der Waals surface area contributed by atoms with Gasteiger partial charge in [0.25, 0.3) is 0 Å². The molecule has 100 valence electrons. The lowest BCUT2D eigenvalue weighted by Gasteiger charge is -2.19. The number of carbonyl (C=O) groups excluding carboxylic acids is 2. The SMILES string of the molecule is CC(=O)n1c(C(=O)OC(C)(C)C)cc2ccccc21. The molecule has 0 fully saturated rings. The van der Waals surface area contributed by atoms with Gasteiger partial charge in [-0.3, -0.25) is 9.36 Å². The van der Waals surface area contributed by atoms with Gasteiger partial charge in [-0.05, 0) is 32.9 Å². The molecule has 2 aromatic rings. The van der Waals surface area contributed by atoms with E-state index in [1.54, 1.807) is 26.8 Å². The van der Waals surface area contributed by atoms with Crippen molar-refractivity contribution < 1.29 is 14.3 Å². The summed E-state index contributed by atoms with van der Waals surface area (Å²) in [5, 5.41) is 0.846. The first-order valence-corrected chi connectivity index (χ1v) is 6.14. The quantitative estimate of drug-likeness (QED) is 0.738. The van der Waals surface area contributed by atoms with Crippen LogP contribution in [-0.2, 0) is 4.74 Å². The Morgan fingerprint density at radius 2 is 1.79 bits per heavy atom. The van der Waals surface area contributed by atoms with E-state index >= 15 is 0 Å². The van der Waals surface area contributed by atoms with E-state index in [1.165, 1.54) is 11.5 Å². The van der Waals surface area contributed by atoms with Crippen molar-refractivity contribution in [1.82, 2.24) is 4.57 Å². The molecule has 0 bridgehead atoms. The second-order valence-electron chi connectivity index (χ2n) is 5.44. The molecule has 1 aromatic heterocycles. The minimum Gasteiger partial charge on any atom is -0.455 e. The van der Waals surface area contributed by atoms with E-state index in [4.69, 9.17) is 4.74 Å². The van der Waals surface area contributed by atoms with E-state index in [9.17, 15) is 9.59 Å². The van der Waals surface area contributed by atoms with Crippen LogP contribution in [0.2, 0.25) is 0 Å². The molecule has 0 N–H and O–H groups in total. The molecule has 4 heteroatoms. The molecule has 0 spiro atoms. The van der Waals surface area contributed by atoms with Gasteiger partial charge in [0.1, 0.15) is 11.3 Å². The summed E-state index contributed by atoms with van der Waals surface area (Å²) in [7, 11) is 0. The normalized spacial score (nSPS) is 11.6. The number of hydrogen-bond acceptors (Lipinski definition) is 3. The molecule has 0 aliphatic carbocycles. The lowest BCUT2D eigenvalue weighted by atomic mass is 10.2. The minimum absolute atomic E-state index is 0.206. The molecule has 0 aliphatic heterocycles. The zero-order valence-electron chi connectivity index (χ0n) is 11.6. The smallest absolute Gasteiger partial charge is 0.355 e. The lowest BCUT2D eigenvalue weighted by molar-refractivity contribution is 0.00577. The highest BCUT2D eigenvalue weighted by Gasteiger charge is 2.23. The maximum atomic E-state index is 12.2. The fourth-order valence-corrected chi connectivity index (χ4v) is 1.97. The Morgan fingerprint density at radius 3 is 2.37 bits per heavy atom. The fourth-order valence-electron chi connectivity index (χ4n) is 1.97. The summed E-state index contributed by atoms with van der Waals surface area (Å²) in [4.78, 5) is 23.9. The molecule has 19 heavy (non-hydrogen) atoms. The standard InChI is InChI=1S/C15H17NO3/c1-10(17)16-12-8-6-5-7-11(12)9-13(16)14(18)19-15(2,3)4/h5-9H,1-4H3. The maximum Gasteiger partial charge on any atom is 0.355 e. The molecule has 0 atom stereocenters. The molecule has 0 radical (unpaired) electrons. The number of para-hydroxylation sites is 1. The van der Waals surface area contributed by atoms with E-state index in [2.05, 4.69) is 0 Å². The molecule has 0 saturated carbocycles. The molecule has 2 rings (SSSR count). The number of fused-ring (bicyclic) bond motifs is 1. The van der Waals surface area contributed by atoms with Crippen LogP contribution in [0, 0.1) is 0 Å². The van der Waals surface area contributed by atoms with Gasteiger partial charge < -0.3 is 4.74 Å². The molecule has 1 aromatic carbocycles. The number of benzene rings is 1. The van der Waals surface area contributed by atoms with Crippen LogP contribution in [0.3, 0.4) is 0 Å². The molecule has 0 amide bonds. The molecular formula is C15H17NO3. The van der Waals surface area contributed by atoms with Gasteiger partial charge in [-0.25, -0.2) is 4.79 Å². The van der Waals surface area contributed by atoms with Gasteiger partial charge in [-0.1, -0.05) is 18.2 Å². The third-order valence-electron chi connectivity index (χ3n) is 2.63. The van der Waals surface area contributed by atoms with Crippen LogP contribution < -0.4 is 0 Å². The summed E-state index contributed by atoms with van der Waals surface area (Å²) >= 11 is 0. The van der Waals surface area contributed by atoms with Crippen molar-refractivity contribution in [3.05, 3.63) is 36.0 Å². The fraction of sp³-hybridized carbons (Fsp3) is 0.333. The number of esters is 1. The number of carbonyl (C=O) groups is 2. The van der Waals surface area contributed by atoms with Crippen LogP contribution >= 0.6 is 0 Å². The van der Waals surface area contributed by atoms with Gasteiger partial charge in [-0.2, -0.15) is 0 Å². The Morgan fingerprint density at radius 1 is 1.16 bits per heavy atom.